The lowest BCUT2D eigenvalue weighted by Crippen LogP contribution is -2.35. The van der Waals surface area contributed by atoms with Gasteiger partial charge in [0.2, 0.25) is 0 Å². The van der Waals surface area contributed by atoms with Crippen molar-refractivity contribution in [3.05, 3.63) is 57.3 Å². The molecule has 0 radical (unpaired) electrons. The zero-order valence-corrected chi connectivity index (χ0v) is 12.8. The van der Waals surface area contributed by atoms with Crippen LogP contribution in [-0.4, -0.2) is 24.5 Å². The van der Waals surface area contributed by atoms with Crippen LogP contribution in [0.15, 0.2) is 35.7 Å². The molecular weight excluding hydrogens is 278 g/mol. The monoisotopic (exact) mass is 297 g/mol. The highest BCUT2D eigenvalue weighted by molar-refractivity contribution is 7.10. The molecule has 21 heavy (non-hydrogen) atoms. The number of thiophene rings is 1. The van der Waals surface area contributed by atoms with Gasteiger partial charge in [0.15, 0.2) is 0 Å². The Labute approximate surface area is 129 Å². The summed E-state index contributed by atoms with van der Waals surface area (Å²) >= 11 is 1.89. The summed E-state index contributed by atoms with van der Waals surface area (Å²) in [7, 11) is 0. The van der Waals surface area contributed by atoms with Crippen LogP contribution in [-0.2, 0) is 19.5 Å². The molecule has 1 N–H and O–H groups in total. The predicted octanol–water partition coefficient (Wildman–Crippen LogP) is 2.77. The van der Waals surface area contributed by atoms with Crippen LogP contribution in [0.25, 0.3) is 0 Å². The van der Waals surface area contributed by atoms with Crippen molar-refractivity contribution in [2.24, 2.45) is 0 Å². The van der Waals surface area contributed by atoms with Gasteiger partial charge in [-0.1, -0.05) is 12.1 Å². The Morgan fingerprint density at radius 2 is 2.29 bits per heavy atom. The number of fused-ring (bicyclic) bond motifs is 1. The minimum atomic E-state index is 0.732. The number of rotatable bonds is 5. The van der Waals surface area contributed by atoms with Crippen LogP contribution in [0.2, 0.25) is 0 Å². The molecule has 0 saturated heterocycles. The van der Waals surface area contributed by atoms with Crippen molar-refractivity contribution < 1.29 is 0 Å². The molecule has 0 unspecified atom stereocenters. The fraction of sp³-hybridized carbons (Fsp3) is 0.353. The van der Waals surface area contributed by atoms with Crippen molar-refractivity contribution in [3.63, 3.8) is 0 Å². The van der Waals surface area contributed by atoms with Crippen molar-refractivity contribution in [1.29, 1.82) is 5.26 Å². The normalized spacial score (nSPS) is 14.6. The highest BCUT2D eigenvalue weighted by Crippen LogP contribution is 2.23. The molecule has 1 aliphatic heterocycles. The van der Waals surface area contributed by atoms with E-state index in [1.807, 2.05) is 29.5 Å². The van der Waals surface area contributed by atoms with Gasteiger partial charge in [-0.15, -0.1) is 11.3 Å². The summed E-state index contributed by atoms with van der Waals surface area (Å²) in [5.74, 6) is 0. The summed E-state index contributed by atoms with van der Waals surface area (Å²) < 4.78 is 0. The molecule has 3 rings (SSSR count). The number of nitrogens with one attached hydrogen (secondary N) is 1. The Kier molecular flexibility index (Phi) is 4.66. The Hall–Kier alpha value is -1.67. The lowest BCUT2D eigenvalue weighted by Gasteiger charge is -2.26. The molecular formula is C17H19N3S. The second-order valence-corrected chi connectivity index (χ2v) is 6.38. The summed E-state index contributed by atoms with van der Waals surface area (Å²) in [6.07, 6.45) is 1.19. The van der Waals surface area contributed by atoms with Crippen molar-refractivity contribution in [2.45, 2.75) is 19.5 Å². The van der Waals surface area contributed by atoms with E-state index in [0.717, 1.165) is 31.7 Å². The van der Waals surface area contributed by atoms with Gasteiger partial charge in [-0.25, -0.2) is 0 Å². The number of hydrogen-bond donors (Lipinski definition) is 1. The van der Waals surface area contributed by atoms with Crippen LogP contribution >= 0.6 is 11.3 Å². The van der Waals surface area contributed by atoms with Gasteiger partial charge in [-0.3, -0.25) is 4.90 Å². The number of nitriles is 1. The molecule has 0 fully saturated rings. The fourth-order valence-corrected chi connectivity index (χ4v) is 3.61. The third kappa shape index (κ3) is 3.70. The van der Waals surface area contributed by atoms with Crippen LogP contribution in [0.5, 0.6) is 0 Å². The molecule has 1 aliphatic rings. The zero-order chi connectivity index (χ0) is 14.5. The maximum absolute atomic E-state index is 8.89. The van der Waals surface area contributed by atoms with Gasteiger partial charge in [-0.05, 0) is 41.1 Å². The maximum Gasteiger partial charge on any atom is 0.0991 e. The summed E-state index contributed by atoms with van der Waals surface area (Å²) in [5, 5.41) is 14.6. The maximum atomic E-state index is 8.89. The molecule has 0 atom stereocenters. The van der Waals surface area contributed by atoms with Crippen LogP contribution in [0.1, 0.15) is 21.6 Å². The average molecular weight is 297 g/mol. The Morgan fingerprint density at radius 1 is 1.33 bits per heavy atom. The first kappa shape index (κ1) is 14.3. The van der Waals surface area contributed by atoms with Crippen LogP contribution in [0.4, 0.5) is 0 Å². The molecule has 0 bridgehead atoms. The van der Waals surface area contributed by atoms with E-state index in [4.69, 9.17) is 5.26 Å². The minimum absolute atomic E-state index is 0.732. The SMILES string of the molecule is N#Cc1cccc(CNCCN2CCc3sccc3C2)c1. The molecule has 1 aromatic carbocycles. The average Bonchev–Trinajstić information content (AvgIpc) is 2.99. The van der Waals surface area contributed by atoms with E-state index < -0.39 is 0 Å². The van der Waals surface area contributed by atoms with Gasteiger partial charge in [0.05, 0.1) is 11.6 Å². The van der Waals surface area contributed by atoms with Gasteiger partial charge in [0.1, 0.15) is 0 Å². The largest absolute Gasteiger partial charge is 0.311 e. The number of nitrogens with zero attached hydrogens (tertiary/aromatic N) is 2. The molecule has 0 spiro atoms. The molecule has 0 amide bonds. The predicted molar refractivity (Wildman–Crippen MR) is 86.2 cm³/mol. The molecule has 4 heteroatoms. The molecule has 2 aromatic rings. The molecule has 108 valence electrons. The first-order chi connectivity index (χ1) is 10.3. The first-order valence-electron chi connectivity index (χ1n) is 7.32. The van der Waals surface area contributed by atoms with E-state index in [1.54, 1.807) is 4.88 Å². The van der Waals surface area contributed by atoms with Gasteiger partial charge in [-0.2, -0.15) is 5.26 Å². The van der Waals surface area contributed by atoms with E-state index >= 15 is 0 Å². The molecule has 0 aliphatic carbocycles. The molecule has 2 heterocycles. The Bertz CT molecular complexity index is 641. The Balaban J connectivity index is 1.42. The molecule has 3 nitrogen and oxygen atoms in total. The summed E-state index contributed by atoms with van der Waals surface area (Å²) in [6, 6.07) is 12.2. The van der Waals surface area contributed by atoms with Gasteiger partial charge < -0.3 is 5.32 Å². The van der Waals surface area contributed by atoms with E-state index in [1.165, 1.54) is 24.1 Å². The highest BCUT2D eigenvalue weighted by Gasteiger charge is 2.16. The zero-order valence-electron chi connectivity index (χ0n) is 12.0. The lowest BCUT2D eigenvalue weighted by atomic mass is 10.1. The summed E-state index contributed by atoms with van der Waals surface area (Å²) in [4.78, 5) is 4.07. The second kappa shape index (κ2) is 6.86. The van der Waals surface area contributed by atoms with Crippen molar-refractivity contribution in [3.8, 4) is 6.07 Å². The quantitative estimate of drug-likeness (QED) is 0.863. The topological polar surface area (TPSA) is 39.1 Å². The van der Waals surface area contributed by atoms with E-state index in [-0.39, 0.29) is 0 Å². The van der Waals surface area contributed by atoms with Crippen molar-refractivity contribution in [2.75, 3.05) is 19.6 Å². The summed E-state index contributed by atoms with van der Waals surface area (Å²) in [6.45, 7) is 5.14. The van der Waals surface area contributed by atoms with E-state index in [0.29, 0.717) is 0 Å². The molecule has 1 aromatic heterocycles. The third-order valence-electron chi connectivity index (χ3n) is 3.88. The van der Waals surface area contributed by atoms with Gasteiger partial charge in [0.25, 0.3) is 0 Å². The third-order valence-corrected chi connectivity index (χ3v) is 4.90. The van der Waals surface area contributed by atoms with Crippen LogP contribution in [0.3, 0.4) is 0 Å². The van der Waals surface area contributed by atoms with E-state index in [9.17, 15) is 0 Å². The smallest absolute Gasteiger partial charge is 0.0991 e. The van der Waals surface area contributed by atoms with E-state index in [2.05, 4.69) is 33.8 Å². The van der Waals surface area contributed by atoms with Crippen molar-refractivity contribution in [1.82, 2.24) is 10.2 Å². The fourth-order valence-electron chi connectivity index (χ4n) is 2.72. The summed E-state index contributed by atoms with van der Waals surface area (Å²) in [5.41, 5.74) is 3.41. The molecule has 0 saturated carbocycles. The van der Waals surface area contributed by atoms with Crippen LogP contribution < -0.4 is 5.32 Å². The highest BCUT2D eigenvalue weighted by atomic mass is 32.1. The first-order valence-corrected chi connectivity index (χ1v) is 8.20. The lowest BCUT2D eigenvalue weighted by molar-refractivity contribution is 0.255. The van der Waals surface area contributed by atoms with Crippen molar-refractivity contribution >= 4 is 11.3 Å². The second-order valence-electron chi connectivity index (χ2n) is 5.38. The van der Waals surface area contributed by atoms with Crippen LogP contribution in [0, 0.1) is 11.3 Å². The standard InChI is InChI=1S/C17H19N3S/c18-11-14-2-1-3-15(10-14)12-19-6-8-20-7-4-17-16(13-20)5-9-21-17/h1-3,5,9-10,19H,4,6-8,12-13H2. The van der Waals surface area contributed by atoms with Gasteiger partial charge in [0, 0.05) is 37.6 Å². The number of benzene rings is 1. The Morgan fingerprint density at radius 3 is 3.19 bits per heavy atom. The number of hydrogen-bond acceptors (Lipinski definition) is 4. The minimum Gasteiger partial charge on any atom is -0.311 e. The van der Waals surface area contributed by atoms with Gasteiger partial charge >= 0.3 is 0 Å².